The second kappa shape index (κ2) is 7.86. The highest BCUT2D eigenvalue weighted by Crippen LogP contribution is 2.28. The predicted octanol–water partition coefficient (Wildman–Crippen LogP) is 3.28. The molecular weight excluding hydrogens is 342 g/mol. The maximum absolute atomic E-state index is 12.2. The van der Waals surface area contributed by atoms with E-state index >= 15 is 0 Å². The molecule has 1 heterocycles. The van der Waals surface area contributed by atoms with Gasteiger partial charge >= 0.3 is 0 Å². The number of aromatic nitrogens is 2. The molecular formula is C21H21N3O3. The van der Waals surface area contributed by atoms with E-state index in [2.05, 4.69) is 15.3 Å². The van der Waals surface area contributed by atoms with Gasteiger partial charge in [-0.25, -0.2) is 4.98 Å². The van der Waals surface area contributed by atoms with Gasteiger partial charge in [0.25, 0.3) is 11.8 Å². The van der Waals surface area contributed by atoms with Crippen LogP contribution in [-0.2, 0) is 6.42 Å². The fraction of sp³-hybridized carbons (Fsp3) is 0.190. The minimum Gasteiger partial charge on any atom is -0.501 e. The molecule has 27 heavy (non-hydrogen) atoms. The Morgan fingerprint density at radius 2 is 1.67 bits per heavy atom. The third-order valence-corrected chi connectivity index (χ3v) is 4.00. The van der Waals surface area contributed by atoms with Crippen molar-refractivity contribution in [2.45, 2.75) is 26.3 Å². The summed E-state index contributed by atoms with van der Waals surface area (Å²) in [5.41, 5.74) is 2.78. The van der Waals surface area contributed by atoms with Crippen LogP contribution < -0.4 is 5.32 Å². The van der Waals surface area contributed by atoms with Crippen molar-refractivity contribution in [3.05, 3.63) is 71.7 Å². The molecule has 0 saturated heterocycles. The normalized spacial score (nSPS) is 10.8. The number of rotatable bonds is 5. The topological polar surface area (TPSA) is 95.3 Å². The molecule has 3 rings (SSSR count). The van der Waals surface area contributed by atoms with Crippen molar-refractivity contribution < 1.29 is 15.0 Å². The van der Waals surface area contributed by atoms with Crippen molar-refractivity contribution >= 4 is 5.91 Å². The van der Waals surface area contributed by atoms with Crippen LogP contribution in [0.1, 0.15) is 35.7 Å². The SMILES string of the molecule is CC(C)NC(=O)c1nc(Cc2ccccc2-c2ccccc2)nc(O)c1O. The summed E-state index contributed by atoms with van der Waals surface area (Å²) in [6.07, 6.45) is 0.306. The summed E-state index contributed by atoms with van der Waals surface area (Å²) in [7, 11) is 0. The summed E-state index contributed by atoms with van der Waals surface area (Å²) in [4.78, 5) is 20.4. The quantitative estimate of drug-likeness (QED) is 0.646. The van der Waals surface area contributed by atoms with E-state index in [-0.39, 0.29) is 17.6 Å². The number of benzene rings is 2. The lowest BCUT2D eigenvalue weighted by atomic mass is 9.97. The van der Waals surface area contributed by atoms with E-state index in [1.165, 1.54) is 0 Å². The Kier molecular flexibility index (Phi) is 5.35. The van der Waals surface area contributed by atoms with Gasteiger partial charge in [0.15, 0.2) is 5.69 Å². The highest BCUT2D eigenvalue weighted by atomic mass is 16.3. The van der Waals surface area contributed by atoms with Crippen LogP contribution in [0.25, 0.3) is 11.1 Å². The minimum absolute atomic E-state index is 0.128. The number of carbonyl (C=O) groups excluding carboxylic acids is 1. The van der Waals surface area contributed by atoms with Gasteiger partial charge < -0.3 is 15.5 Å². The van der Waals surface area contributed by atoms with Gasteiger partial charge in [-0.1, -0.05) is 54.6 Å². The Hall–Kier alpha value is -3.41. The monoisotopic (exact) mass is 363 g/mol. The van der Waals surface area contributed by atoms with Gasteiger partial charge in [-0.3, -0.25) is 4.79 Å². The number of hydrogen-bond donors (Lipinski definition) is 3. The largest absolute Gasteiger partial charge is 0.501 e. The first-order chi connectivity index (χ1) is 13.0. The van der Waals surface area contributed by atoms with E-state index in [0.717, 1.165) is 16.7 Å². The van der Waals surface area contributed by atoms with Crippen LogP contribution >= 0.6 is 0 Å². The Morgan fingerprint density at radius 3 is 2.37 bits per heavy atom. The molecule has 0 aliphatic carbocycles. The van der Waals surface area contributed by atoms with E-state index < -0.39 is 17.5 Å². The van der Waals surface area contributed by atoms with Crippen LogP contribution in [0.3, 0.4) is 0 Å². The highest BCUT2D eigenvalue weighted by Gasteiger charge is 2.20. The molecule has 1 aromatic heterocycles. The smallest absolute Gasteiger partial charge is 0.274 e. The van der Waals surface area contributed by atoms with Crippen molar-refractivity contribution in [2.75, 3.05) is 0 Å². The fourth-order valence-corrected chi connectivity index (χ4v) is 2.80. The summed E-state index contributed by atoms with van der Waals surface area (Å²) < 4.78 is 0. The summed E-state index contributed by atoms with van der Waals surface area (Å²) >= 11 is 0. The lowest BCUT2D eigenvalue weighted by Crippen LogP contribution is -2.31. The maximum atomic E-state index is 12.2. The van der Waals surface area contributed by atoms with Gasteiger partial charge in [-0.05, 0) is 30.5 Å². The zero-order valence-corrected chi connectivity index (χ0v) is 15.2. The Bertz CT molecular complexity index is 956. The number of amides is 1. The Balaban J connectivity index is 1.98. The molecule has 0 spiro atoms. The third kappa shape index (κ3) is 4.23. The molecule has 0 aliphatic rings. The fourth-order valence-electron chi connectivity index (χ4n) is 2.80. The van der Waals surface area contributed by atoms with Crippen LogP contribution in [0.2, 0.25) is 0 Å². The molecule has 0 fully saturated rings. The van der Waals surface area contributed by atoms with E-state index in [1.54, 1.807) is 13.8 Å². The molecule has 138 valence electrons. The molecule has 6 nitrogen and oxygen atoms in total. The number of carbonyl (C=O) groups is 1. The lowest BCUT2D eigenvalue weighted by molar-refractivity contribution is 0.0933. The molecule has 6 heteroatoms. The number of nitrogens with zero attached hydrogens (tertiary/aromatic N) is 2. The molecule has 0 radical (unpaired) electrons. The van der Waals surface area contributed by atoms with E-state index in [9.17, 15) is 15.0 Å². The van der Waals surface area contributed by atoms with Crippen LogP contribution in [0.4, 0.5) is 0 Å². The molecule has 0 aliphatic heterocycles. The molecule has 3 aromatic rings. The summed E-state index contributed by atoms with van der Waals surface area (Å²) in [5, 5.41) is 22.6. The Morgan fingerprint density at radius 1 is 1.00 bits per heavy atom. The molecule has 1 amide bonds. The van der Waals surface area contributed by atoms with Crippen LogP contribution in [0.5, 0.6) is 11.6 Å². The van der Waals surface area contributed by atoms with Gasteiger partial charge in [-0.15, -0.1) is 0 Å². The summed E-state index contributed by atoms with van der Waals surface area (Å²) in [6, 6.07) is 17.6. The predicted molar refractivity (Wildman–Crippen MR) is 103 cm³/mol. The molecule has 0 unspecified atom stereocenters. The first-order valence-electron chi connectivity index (χ1n) is 8.68. The second-order valence-corrected chi connectivity index (χ2v) is 6.49. The van der Waals surface area contributed by atoms with Crippen molar-refractivity contribution in [3.8, 4) is 22.8 Å². The van der Waals surface area contributed by atoms with Gasteiger partial charge in [0.2, 0.25) is 5.75 Å². The minimum atomic E-state index is -0.617. The van der Waals surface area contributed by atoms with Crippen molar-refractivity contribution in [1.29, 1.82) is 0 Å². The lowest BCUT2D eigenvalue weighted by Gasteiger charge is -2.12. The van der Waals surface area contributed by atoms with E-state index in [1.807, 2.05) is 54.6 Å². The van der Waals surface area contributed by atoms with Crippen molar-refractivity contribution in [3.63, 3.8) is 0 Å². The van der Waals surface area contributed by atoms with Crippen LogP contribution in [0, 0.1) is 0 Å². The number of hydrogen-bond acceptors (Lipinski definition) is 5. The van der Waals surface area contributed by atoms with Crippen LogP contribution in [-0.4, -0.2) is 32.1 Å². The Labute approximate surface area is 157 Å². The molecule has 0 bridgehead atoms. The van der Waals surface area contributed by atoms with E-state index in [0.29, 0.717) is 6.42 Å². The standard InChI is InChI=1S/C21H21N3O3/c1-13(2)22-20(26)18-19(25)21(27)24-17(23-18)12-15-10-6-7-11-16(15)14-8-4-3-5-9-14/h3-11,13,25H,12H2,1-2H3,(H,22,26)(H,23,24,27). The van der Waals surface area contributed by atoms with Gasteiger partial charge in [0, 0.05) is 12.5 Å². The van der Waals surface area contributed by atoms with Crippen molar-refractivity contribution in [2.24, 2.45) is 0 Å². The molecule has 2 aromatic carbocycles. The number of nitrogens with one attached hydrogen (secondary N) is 1. The van der Waals surface area contributed by atoms with Gasteiger partial charge in [0.1, 0.15) is 5.82 Å². The zero-order valence-electron chi connectivity index (χ0n) is 15.2. The average Bonchev–Trinajstić information content (AvgIpc) is 2.65. The molecule has 0 saturated carbocycles. The third-order valence-electron chi connectivity index (χ3n) is 4.00. The summed E-state index contributed by atoms with van der Waals surface area (Å²) in [6.45, 7) is 3.60. The highest BCUT2D eigenvalue weighted by molar-refractivity contribution is 5.95. The van der Waals surface area contributed by atoms with Gasteiger partial charge in [0.05, 0.1) is 0 Å². The first kappa shape index (κ1) is 18.4. The number of aromatic hydroxyl groups is 2. The molecule has 0 atom stereocenters. The zero-order chi connectivity index (χ0) is 19.4. The second-order valence-electron chi connectivity index (χ2n) is 6.49. The van der Waals surface area contributed by atoms with Crippen LogP contribution in [0.15, 0.2) is 54.6 Å². The summed E-state index contributed by atoms with van der Waals surface area (Å²) in [5.74, 6) is -1.53. The van der Waals surface area contributed by atoms with Gasteiger partial charge in [-0.2, -0.15) is 4.98 Å². The maximum Gasteiger partial charge on any atom is 0.274 e. The van der Waals surface area contributed by atoms with Crippen molar-refractivity contribution in [1.82, 2.24) is 15.3 Å². The molecule has 3 N–H and O–H groups in total. The van der Waals surface area contributed by atoms with E-state index in [4.69, 9.17) is 0 Å². The average molecular weight is 363 g/mol. The first-order valence-corrected chi connectivity index (χ1v) is 8.68.